The zero-order chi connectivity index (χ0) is 19.5. The van der Waals surface area contributed by atoms with Crippen molar-refractivity contribution in [1.29, 1.82) is 0 Å². The summed E-state index contributed by atoms with van der Waals surface area (Å²) in [6.45, 7) is 0. The lowest BCUT2D eigenvalue weighted by Crippen LogP contribution is -2.11. The van der Waals surface area contributed by atoms with Gasteiger partial charge in [0.15, 0.2) is 0 Å². The van der Waals surface area contributed by atoms with Crippen LogP contribution in [0.5, 0.6) is 0 Å². The zero-order valence-corrected chi connectivity index (χ0v) is 19.6. The summed E-state index contributed by atoms with van der Waals surface area (Å²) >= 11 is 10.6. The molecular weight excluding hydrogens is 542 g/mol. The van der Waals surface area contributed by atoms with Gasteiger partial charge >= 0.3 is 0 Å². The van der Waals surface area contributed by atoms with Gasteiger partial charge in [-0.2, -0.15) is 0 Å². The van der Waals surface area contributed by atoms with Gasteiger partial charge < -0.3 is 4.90 Å². The highest BCUT2D eigenvalue weighted by Crippen LogP contribution is 2.41. The van der Waals surface area contributed by atoms with Crippen LogP contribution in [-0.2, 0) is 0 Å². The van der Waals surface area contributed by atoms with E-state index in [0.29, 0.717) is 0 Å². The Morgan fingerprint density at radius 2 is 0.893 bits per heavy atom. The Labute approximate surface area is 190 Å². The van der Waals surface area contributed by atoms with E-state index in [1.54, 1.807) is 0 Å². The van der Waals surface area contributed by atoms with Crippen molar-refractivity contribution in [2.45, 2.75) is 0 Å². The van der Waals surface area contributed by atoms with Crippen molar-refractivity contribution in [3.63, 3.8) is 0 Å². The summed E-state index contributed by atoms with van der Waals surface area (Å²) in [6, 6.07) is 33.8. The second-order valence-corrected chi connectivity index (χ2v) is 9.06. The van der Waals surface area contributed by atoms with Crippen LogP contribution >= 0.6 is 47.8 Å². The molecule has 0 bridgehead atoms. The molecule has 4 heteroatoms. The Kier molecular flexibility index (Phi) is 6.00. The van der Waals surface area contributed by atoms with Gasteiger partial charge in [0.05, 0.1) is 5.69 Å². The van der Waals surface area contributed by atoms with Gasteiger partial charge in [0, 0.05) is 30.4 Å². The number of benzene rings is 4. The third kappa shape index (κ3) is 4.24. The molecule has 0 aliphatic carbocycles. The van der Waals surface area contributed by atoms with E-state index < -0.39 is 0 Å². The van der Waals surface area contributed by atoms with E-state index in [1.165, 1.54) is 11.1 Å². The molecule has 0 N–H and O–H groups in total. The maximum atomic E-state index is 3.55. The molecule has 4 aromatic carbocycles. The minimum atomic E-state index is 1.06. The molecule has 0 saturated carbocycles. The van der Waals surface area contributed by atoms with Gasteiger partial charge in [0.1, 0.15) is 0 Å². The predicted octanol–water partition coefficient (Wildman–Crippen LogP) is 9.11. The molecule has 4 aromatic rings. The van der Waals surface area contributed by atoms with Crippen molar-refractivity contribution < 1.29 is 0 Å². The minimum Gasteiger partial charge on any atom is -0.310 e. The monoisotopic (exact) mass is 555 g/mol. The van der Waals surface area contributed by atoms with E-state index in [1.807, 2.05) is 0 Å². The first kappa shape index (κ1) is 19.4. The largest absolute Gasteiger partial charge is 0.310 e. The topological polar surface area (TPSA) is 3.24 Å². The normalized spacial score (nSPS) is 10.7. The molecule has 0 fully saturated rings. The highest BCUT2D eigenvalue weighted by atomic mass is 79.9. The van der Waals surface area contributed by atoms with Crippen molar-refractivity contribution in [2.24, 2.45) is 0 Å². The molecule has 138 valence electrons. The van der Waals surface area contributed by atoms with Crippen LogP contribution in [0.3, 0.4) is 0 Å². The molecule has 0 aliphatic heterocycles. The maximum absolute atomic E-state index is 3.55. The van der Waals surface area contributed by atoms with Gasteiger partial charge in [0.25, 0.3) is 0 Å². The lowest BCUT2D eigenvalue weighted by atomic mass is 10.0. The van der Waals surface area contributed by atoms with Crippen LogP contribution in [0.25, 0.3) is 11.1 Å². The molecular formula is C24H16Br3N. The highest BCUT2D eigenvalue weighted by Gasteiger charge is 2.16. The lowest BCUT2D eigenvalue weighted by Gasteiger charge is -2.28. The van der Waals surface area contributed by atoms with E-state index in [2.05, 4.69) is 150 Å². The van der Waals surface area contributed by atoms with Crippen LogP contribution in [0.2, 0.25) is 0 Å². The van der Waals surface area contributed by atoms with Crippen molar-refractivity contribution >= 4 is 64.9 Å². The van der Waals surface area contributed by atoms with E-state index >= 15 is 0 Å². The first-order valence-electron chi connectivity index (χ1n) is 8.78. The number of hydrogen-bond donors (Lipinski definition) is 0. The number of nitrogens with zero attached hydrogens (tertiary/aromatic N) is 1. The van der Waals surface area contributed by atoms with Crippen LogP contribution in [0.4, 0.5) is 17.1 Å². The molecule has 1 nitrogen and oxygen atoms in total. The van der Waals surface area contributed by atoms with Crippen molar-refractivity contribution in [1.82, 2.24) is 0 Å². The number of rotatable bonds is 4. The summed E-state index contributed by atoms with van der Waals surface area (Å²) in [5.41, 5.74) is 5.71. The second kappa shape index (κ2) is 8.64. The zero-order valence-electron chi connectivity index (χ0n) is 14.8. The summed E-state index contributed by atoms with van der Waals surface area (Å²) in [6.07, 6.45) is 0. The number of para-hydroxylation sites is 1. The molecule has 28 heavy (non-hydrogen) atoms. The van der Waals surface area contributed by atoms with Gasteiger partial charge in [-0.1, -0.05) is 78.1 Å². The second-order valence-electron chi connectivity index (χ2n) is 6.31. The smallest absolute Gasteiger partial charge is 0.0540 e. The van der Waals surface area contributed by atoms with E-state index in [0.717, 1.165) is 30.5 Å². The SMILES string of the molecule is Brc1ccc(-c2ccccc2N(c2ccc(Br)cc2)c2ccc(Br)cc2)cc1. The Balaban J connectivity index is 1.91. The Bertz CT molecular complexity index is 1030. The van der Waals surface area contributed by atoms with Crippen LogP contribution in [0.1, 0.15) is 0 Å². The first-order chi connectivity index (χ1) is 13.6. The fourth-order valence-electron chi connectivity index (χ4n) is 3.15. The third-order valence-electron chi connectivity index (χ3n) is 4.47. The molecule has 0 radical (unpaired) electrons. The van der Waals surface area contributed by atoms with Gasteiger partial charge in [0.2, 0.25) is 0 Å². The van der Waals surface area contributed by atoms with Gasteiger partial charge in [-0.05, 0) is 72.3 Å². The first-order valence-corrected chi connectivity index (χ1v) is 11.2. The number of hydrogen-bond acceptors (Lipinski definition) is 1. The van der Waals surface area contributed by atoms with E-state index in [-0.39, 0.29) is 0 Å². The lowest BCUT2D eigenvalue weighted by molar-refractivity contribution is 1.28. The molecule has 0 atom stereocenters. The molecule has 0 aromatic heterocycles. The summed E-state index contributed by atoms with van der Waals surface area (Å²) in [7, 11) is 0. The summed E-state index contributed by atoms with van der Waals surface area (Å²) in [5.74, 6) is 0. The average molecular weight is 558 g/mol. The maximum Gasteiger partial charge on any atom is 0.0540 e. The highest BCUT2D eigenvalue weighted by molar-refractivity contribution is 9.11. The van der Waals surface area contributed by atoms with E-state index in [4.69, 9.17) is 0 Å². The molecule has 0 aliphatic rings. The summed E-state index contributed by atoms with van der Waals surface area (Å²) in [5, 5.41) is 0. The van der Waals surface area contributed by atoms with Crippen LogP contribution in [0, 0.1) is 0 Å². The molecule has 0 saturated heterocycles. The molecule has 0 unspecified atom stereocenters. The quantitative estimate of drug-likeness (QED) is 0.242. The van der Waals surface area contributed by atoms with Gasteiger partial charge in [-0.3, -0.25) is 0 Å². The molecule has 0 amide bonds. The molecule has 0 heterocycles. The van der Waals surface area contributed by atoms with Gasteiger partial charge in [-0.15, -0.1) is 0 Å². The Morgan fingerprint density at radius 1 is 0.464 bits per heavy atom. The van der Waals surface area contributed by atoms with Crippen molar-refractivity contribution in [3.8, 4) is 11.1 Å². The fourth-order valence-corrected chi connectivity index (χ4v) is 3.94. The van der Waals surface area contributed by atoms with Crippen molar-refractivity contribution in [3.05, 3.63) is 110 Å². The Morgan fingerprint density at radius 3 is 1.39 bits per heavy atom. The number of halogens is 3. The Hall–Kier alpha value is -1.88. The van der Waals surface area contributed by atoms with Crippen molar-refractivity contribution in [2.75, 3.05) is 4.90 Å². The standard InChI is InChI=1S/C24H16Br3N/c25-18-7-5-17(6-8-18)23-3-1-2-4-24(23)28(21-13-9-19(26)10-14-21)22-15-11-20(27)12-16-22/h1-16H. The number of anilines is 3. The predicted molar refractivity (Wildman–Crippen MR) is 130 cm³/mol. The fraction of sp³-hybridized carbons (Fsp3) is 0. The van der Waals surface area contributed by atoms with E-state index in [9.17, 15) is 0 Å². The van der Waals surface area contributed by atoms with Gasteiger partial charge in [-0.25, -0.2) is 0 Å². The summed E-state index contributed by atoms with van der Waals surface area (Å²) in [4.78, 5) is 2.29. The average Bonchev–Trinajstić information content (AvgIpc) is 2.72. The molecule has 0 spiro atoms. The van der Waals surface area contributed by atoms with Crippen LogP contribution < -0.4 is 4.90 Å². The third-order valence-corrected chi connectivity index (χ3v) is 6.06. The van der Waals surface area contributed by atoms with Crippen LogP contribution in [-0.4, -0.2) is 0 Å². The van der Waals surface area contributed by atoms with Crippen LogP contribution in [0.15, 0.2) is 110 Å². The molecule has 4 rings (SSSR count). The summed E-state index contributed by atoms with van der Waals surface area (Å²) < 4.78 is 3.20. The minimum absolute atomic E-state index is 1.06.